The lowest BCUT2D eigenvalue weighted by atomic mass is 10.2. The van der Waals surface area contributed by atoms with Gasteiger partial charge < -0.3 is 14.8 Å². The van der Waals surface area contributed by atoms with Gasteiger partial charge in [0, 0.05) is 16.6 Å². The van der Waals surface area contributed by atoms with Crippen molar-refractivity contribution in [2.24, 2.45) is 0 Å². The summed E-state index contributed by atoms with van der Waals surface area (Å²) in [5.74, 6) is -0.735. The van der Waals surface area contributed by atoms with E-state index in [2.05, 4.69) is 21.2 Å². The Kier molecular flexibility index (Phi) is 7.30. The molecule has 0 bridgehead atoms. The molecule has 0 aliphatic carbocycles. The van der Waals surface area contributed by atoms with Crippen LogP contribution in [0.4, 0.5) is 11.4 Å². The fourth-order valence-corrected chi connectivity index (χ4v) is 2.52. The summed E-state index contributed by atoms with van der Waals surface area (Å²) in [7, 11) is 0. The lowest BCUT2D eigenvalue weighted by molar-refractivity contribution is -0.384. The van der Waals surface area contributed by atoms with Crippen LogP contribution in [0.5, 0.6) is 5.75 Å². The molecule has 0 heterocycles. The van der Waals surface area contributed by atoms with E-state index in [0.717, 1.165) is 12.0 Å². The van der Waals surface area contributed by atoms with Gasteiger partial charge in [-0.1, -0.05) is 19.1 Å². The molecule has 8 nitrogen and oxygen atoms in total. The van der Waals surface area contributed by atoms with Gasteiger partial charge in [-0.25, -0.2) is 4.79 Å². The number of carbonyl (C=O) groups is 2. The number of carbonyl (C=O) groups excluding carboxylic acids is 2. The van der Waals surface area contributed by atoms with Crippen molar-refractivity contribution in [3.8, 4) is 5.75 Å². The maximum Gasteiger partial charge on any atom is 0.344 e. The molecule has 9 heteroatoms. The number of aryl methyl sites for hydroxylation is 1. The van der Waals surface area contributed by atoms with Crippen LogP contribution >= 0.6 is 15.9 Å². The highest BCUT2D eigenvalue weighted by Gasteiger charge is 2.13. The second-order valence-corrected chi connectivity index (χ2v) is 6.27. The molecule has 27 heavy (non-hydrogen) atoms. The molecular formula is C18H17BrN2O6. The highest BCUT2D eigenvalue weighted by Crippen LogP contribution is 2.27. The highest BCUT2D eigenvalue weighted by molar-refractivity contribution is 9.10. The molecule has 0 atom stereocenters. The number of rotatable bonds is 8. The van der Waals surface area contributed by atoms with Gasteiger partial charge in [0.25, 0.3) is 11.6 Å². The molecule has 2 aromatic carbocycles. The van der Waals surface area contributed by atoms with E-state index in [0.29, 0.717) is 15.9 Å². The number of amides is 1. The van der Waals surface area contributed by atoms with Crippen molar-refractivity contribution in [2.45, 2.75) is 13.3 Å². The van der Waals surface area contributed by atoms with Crippen molar-refractivity contribution in [2.75, 3.05) is 18.5 Å². The van der Waals surface area contributed by atoms with Crippen molar-refractivity contribution >= 4 is 39.2 Å². The summed E-state index contributed by atoms with van der Waals surface area (Å²) in [6.45, 7) is 1.22. The zero-order valence-electron chi connectivity index (χ0n) is 14.4. The Bertz CT molecular complexity index is 838. The third-order valence-corrected chi connectivity index (χ3v) is 4.15. The molecule has 0 saturated carbocycles. The lowest BCUT2D eigenvalue weighted by Crippen LogP contribution is -2.23. The zero-order valence-corrected chi connectivity index (χ0v) is 16.0. The van der Waals surface area contributed by atoms with E-state index in [-0.39, 0.29) is 12.3 Å². The quantitative estimate of drug-likeness (QED) is 0.385. The summed E-state index contributed by atoms with van der Waals surface area (Å²) in [5, 5.41) is 13.2. The van der Waals surface area contributed by atoms with E-state index in [4.69, 9.17) is 9.47 Å². The number of halogens is 1. The maximum atomic E-state index is 11.8. The van der Waals surface area contributed by atoms with Crippen LogP contribution in [-0.4, -0.2) is 30.0 Å². The normalized spacial score (nSPS) is 10.1. The number of nitro benzene ring substituents is 1. The van der Waals surface area contributed by atoms with Gasteiger partial charge >= 0.3 is 5.97 Å². The second-order valence-electron chi connectivity index (χ2n) is 5.42. The molecule has 0 fully saturated rings. The van der Waals surface area contributed by atoms with E-state index in [1.807, 2.05) is 19.1 Å². The average Bonchev–Trinajstić information content (AvgIpc) is 2.66. The van der Waals surface area contributed by atoms with Crippen LogP contribution in [0.25, 0.3) is 0 Å². The number of nitrogens with zero attached hydrogens (tertiary/aromatic N) is 1. The minimum Gasteiger partial charge on any atom is -0.482 e. The molecule has 2 rings (SSSR count). The first-order chi connectivity index (χ1) is 12.9. The van der Waals surface area contributed by atoms with Crippen LogP contribution in [0.1, 0.15) is 12.5 Å². The smallest absolute Gasteiger partial charge is 0.344 e. The average molecular weight is 437 g/mol. The summed E-state index contributed by atoms with van der Waals surface area (Å²) in [6.07, 6.45) is 0.905. The molecule has 1 N–H and O–H groups in total. The van der Waals surface area contributed by atoms with Gasteiger partial charge in [-0.2, -0.15) is 0 Å². The second kappa shape index (κ2) is 9.67. The predicted molar refractivity (Wildman–Crippen MR) is 102 cm³/mol. The summed E-state index contributed by atoms with van der Waals surface area (Å²) in [4.78, 5) is 33.7. The number of non-ortho nitro benzene ring substituents is 1. The highest BCUT2D eigenvalue weighted by atomic mass is 79.9. The number of esters is 1. The van der Waals surface area contributed by atoms with Crippen molar-refractivity contribution in [1.82, 2.24) is 0 Å². The van der Waals surface area contributed by atoms with E-state index in [1.54, 1.807) is 12.1 Å². The van der Waals surface area contributed by atoms with Crippen LogP contribution in [-0.2, 0) is 20.7 Å². The third-order valence-electron chi connectivity index (χ3n) is 3.49. The fourth-order valence-electron chi connectivity index (χ4n) is 2.06. The van der Waals surface area contributed by atoms with Crippen molar-refractivity contribution in [3.05, 3.63) is 62.6 Å². The summed E-state index contributed by atoms with van der Waals surface area (Å²) in [5.41, 5.74) is 1.36. The Balaban J connectivity index is 1.77. The molecule has 1 amide bonds. The summed E-state index contributed by atoms with van der Waals surface area (Å²) >= 11 is 3.14. The molecule has 0 aliphatic rings. The van der Waals surface area contributed by atoms with E-state index in [9.17, 15) is 19.7 Å². The molecule has 0 unspecified atom stereocenters. The summed E-state index contributed by atoms with van der Waals surface area (Å²) < 4.78 is 10.5. The van der Waals surface area contributed by atoms with Gasteiger partial charge in [0.05, 0.1) is 10.6 Å². The molecule has 0 saturated heterocycles. The van der Waals surface area contributed by atoms with E-state index < -0.39 is 23.4 Å². The molecule has 0 aromatic heterocycles. The number of ether oxygens (including phenoxy) is 2. The first-order valence-corrected chi connectivity index (χ1v) is 8.79. The minimum atomic E-state index is -0.688. The maximum absolute atomic E-state index is 11.8. The number of nitro groups is 1. The molecule has 2 aromatic rings. The van der Waals surface area contributed by atoms with Crippen molar-refractivity contribution < 1.29 is 24.0 Å². The number of hydrogen-bond acceptors (Lipinski definition) is 6. The molecule has 0 radical (unpaired) electrons. The zero-order chi connectivity index (χ0) is 19.8. The largest absolute Gasteiger partial charge is 0.482 e. The number of anilines is 1. The lowest BCUT2D eigenvalue weighted by Gasteiger charge is -2.09. The Morgan fingerprint density at radius 3 is 2.44 bits per heavy atom. The van der Waals surface area contributed by atoms with Crippen molar-refractivity contribution in [3.63, 3.8) is 0 Å². The first-order valence-electron chi connectivity index (χ1n) is 8.00. The Morgan fingerprint density at radius 2 is 1.85 bits per heavy atom. The van der Waals surface area contributed by atoms with Gasteiger partial charge in [0.2, 0.25) is 0 Å². The number of benzene rings is 2. The topological polar surface area (TPSA) is 108 Å². The molecular weight excluding hydrogens is 420 g/mol. The molecule has 0 spiro atoms. The number of nitrogens with one attached hydrogen (secondary N) is 1. The van der Waals surface area contributed by atoms with Crippen LogP contribution in [0.3, 0.4) is 0 Å². The van der Waals surface area contributed by atoms with Crippen LogP contribution in [0.2, 0.25) is 0 Å². The van der Waals surface area contributed by atoms with Gasteiger partial charge in [-0.05, 0) is 46.1 Å². The van der Waals surface area contributed by atoms with E-state index >= 15 is 0 Å². The van der Waals surface area contributed by atoms with Gasteiger partial charge in [0.15, 0.2) is 13.2 Å². The van der Waals surface area contributed by atoms with Gasteiger partial charge in [0.1, 0.15) is 5.75 Å². The Morgan fingerprint density at radius 1 is 1.15 bits per heavy atom. The fraction of sp³-hybridized carbons (Fsp3) is 0.222. The van der Waals surface area contributed by atoms with Crippen LogP contribution < -0.4 is 10.1 Å². The number of hydrogen-bond donors (Lipinski definition) is 1. The van der Waals surface area contributed by atoms with Crippen molar-refractivity contribution in [1.29, 1.82) is 0 Å². The van der Waals surface area contributed by atoms with Crippen LogP contribution in [0.15, 0.2) is 46.9 Å². The summed E-state index contributed by atoms with van der Waals surface area (Å²) in [6, 6.07) is 11.2. The Labute approximate surface area is 163 Å². The van der Waals surface area contributed by atoms with Crippen LogP contribution in [0, 0.1) is 10.1 Å². The van der Waals surface area contributed by atoms with Gasteiger partial charge in [-0.15, -0.1) is 0 Å². The first kappa shape index (κ1) is 20.4. The predicted octanol–water partition coefficient (Wildman–Crippen LogP) is 3.48. The monoisotopic (exact) mass is 436 g/mol. The molecule has 0 aliphatic heterocycles. The minimum absolute atomic E-state index is 0.115. The Hall–Kier alpha value is -2.94. The third kappa shape index (κ3) is 6.37. The van der Waals surface area contributed by atoms with E-state index in [1.165, 1.54) is 18.2 Å². The standard InChI is InChI=1S/C18H17BrN2O6/c1-2-12-3-6-14(7-4-12)26-11-18(23)27-10-17(22)20-16-8-5-13(21(24)25)9-15(16)19/h3-9H,2,10-11H2,1H3,(H,20,22). The molecule has 142 valence electrons. The van der Waals surface area contributed by atoms with Gasteiger partial charge in [-0.3, -0.25) is 14.9 Å². The SMILES string of the molecule is CCc1ccc(OCC(=O)OCC(=O)Nc2ccc([N+](=O)[O-])cc2Br)cc1.